The predicted molar refractivity (Wildman–Crippen MR) is 87.3 cm³/mol. The lowest BCUT2D eigenvalue weighted by molar-refractivity contribution is -0.381. The molecule has 0 atom stereocenters. The van der Waals surface area contributed by atoms with E-state index in [9.17, 15) is 39.5 Å². The van der Waals surface area contributed by atoms with Crippen LogP contribution in [0.1, 0.15) is 0 Å². The first-order valence-corrected chi connectivity index (χ1v) is 9.93. The Kier molecular flexibility index (Phi) is 5.49. The minimum Gasteiger partial charge on any atom is -0.193 e. The second kappa shape index (κ2) is 6.81. The maximum Gasteiger partial charge on any atom is 0.460 e. The van der Waals surface area contributed by atoms with Crippen molar-refractivity contribution in [2.24, 2.45) is 0 Å². The van der Waals surface area contributed by atoms with Crippen LogP contribution >= 0.6 is 6.04 Å². The van der Waals surface area contributed by atoms with E-state index in [1.807, 2.05) is 0 Å². The highest BCUT2D eigenvalue weighted by Gasteiger charge is 2.84. The van der Waals surface area contributed by atoms with Gasteiger partial charge in [0.05, 0.1) is 6.04 Å². The number of rotatable bonds is 5. The Bertz CT molecular complexity index is 788. The minimum absolute atomic E-state index is 0.617. The number of alkyl halides is 9. The summed E-state index contributed by atoms with van der Waals surface area (Å²) in [7, 11) is 0. The van der Waals surface area contributed by atoms with Gasteiger partial charge in [-0.15, -0.1) is 0 Å². The second-order valence-electron chi connectivity index (χ2n) is 5.47. The fourth-order valence-corrected chi connectivity index (χ4v) is 6.05. The molecule has 0 aliphatic rings. The van der Waals surface area contributed by atoms with Gasteiger partial charge in [0.2, 0.25) is 0 Å². The van der Waals surface area contributed by atoms with Gasteiger partial charge in [-0.2, -0.15) is 39.5 Å². The zero-order valence-corrected chi connectivity index (χ0v) is 14.7. The van der Waals surface area contributed by atoms with Crippen LogP contribution in [-0.4, -0.2) is 23.7 Å². The van der Waals surface area contributed by atoms with Crippen molar-refractivity contribution in [3.63, 3.8) is 0 Å². The summed E-state index contributed by atoms with van der Waals surface area (Å²) in [5, 5.41) is -1.23. The van der Waals surface area contributed by atoms with Crippen molar-refractivity contribution in [1.29, 1.82) is 0 Å². The summed E-state index contributed by atoms with van der Waals surface area (Å²) in [5.74, 6) is -13.8. The normalized spacial score (nSPS) is 14.3. The van der Waals surface area contributed by atoms with Gasteiger partial charge in [-0.25, -0.2) is 0 Å². The van der Waals surface area contributed by atoms with E-state index in [-0.39, 0.29) is 0 Å². The standard InChI is InChI=1S/C16H10F9PS/c17-13(18,15(21,22)23)14(19,20)16(24,25)26(27,11-7-3-1-4-8-11)12-9-5-2-6-10-12/h1-10H. The van der Waals surface area contributed by atoms with Crippen LogP contribution in [0, 0.1) is 0 Å². The molecule has 148 valence electrons. The summed E-state index contributed by atoms with van der Waals surface area (Å²) in [6, 6.07) is 5.73. The van der Waals surface area contributed by atoms with Gasteiger partial charge in [-0.3, -0.25) is 0 Å². The maximum atomic E-state index is 14.9. The smallest absolute Gasteiger partial charge is 0.193 e. The van der Waals surface area contributed by atoms with Crippen molar-refractivity contribution in [1.82, 2.24) is 0 Å². The van der Waals surface area contributed by atoms with Crippen LogP contribution in [0.2, 0.25) is 0 Å². The van der Waals surface area contributed by atoms with Crippen molar-refractivity contribution in [3.8, 4) is 0 Å². The third-order valence-electron chi connectivity index (χ3n) is 3.76. The molecule has 2 rings (SSSR count). The lowest BCUT2D eigenvalue weighted by atomic mass is 10.1. The van der Waals surface area contributed by atoms with Gasteiger partial charge in [0.15, 0.2) is 0 Å². The fourth-order valence-electron chi connectivity index (χ4n) is 2.31. The van der Waals surface area contributed by atoms with Gasteiger partial charge < -0.3 is 0 Å². The highest BCUT2D eigenvalue weighted by molar-refractivity contribution is 8.22. The highest BCUT2D eigenvalue weighted by atomic mass is 32.4. The molecule has 0 N–H and O–H groups in total. The summed E-state index contributed by atoms with van der Waals surface area (Å²) >= 11 is 4.79. The Balaban J connectivity index is 2.82. The molecule has 0 spiro atoms. The van der Waals surface area contributed by atoms with Crippen LogP contribution in [0.5, 0.6) is 0 Å². The lowest BCUT2D eigenvalue weighted by Crippen LogP contribution is -2.61. The molecule has 0 saturated carbocycles. The number of benzene rings is 2. The Morgan fingerprint density at radius 3 is 1.19 bits per heavy atom. The molecule has 0 aliphatic heterocycles. The van der Waals surface area contributed by atoms with Gasteiger partial charge in [0.1, 0.15) is 0 Å². The van der Waals surface area contributed by atoms with E-state index in [0.29, 0.717) is 0 Å². The molecule has 0 bridgehead atoms. The van der Waals surface area contributed by atoms with E-state index in [2.05, 4.69) is 0 Å². The van der Waals surface area contributed by atoms with Gasteiger partial charge in [0, 0.05) is 0 Å². The molecule has 11 heteroatoms. The van der Waals surface area contributed by atoms with E-state index in [1.165, 1.54) is 12.1 Å². The van der Waals surface area contributed by atoms with Gasteiger partial charge in [-0.05, 0) is 10.6 Å². The lowest BCUT2D eigenvalue weighted by Gasteiger charge is -2.40. The van der Waals surface area contributed by atoms with E-state index < -0.39 is 40.3 Å². The summed E-state index contributed by atoms with van der Waals surface area (Å²) in [6.07, 6.45) is -6.90. The quantitative estimate of drug-likeness (QED) is 0.438. The molecule has 0 saturated heterocycles. The molecule has 0 aliphatic carbocycles. The van der Waals surface area contributed by atoms with Crippen molar-refractivity contribution in [2.75, 3.05) is 0 Å². The van der Waals surface area contributed by atoms with Gasteiger partial charge in [0.25, 0.3) is 0 Å². The average Bonchev–Trinajstić information content (AvgIpc) is 2.61. The van der Waals surface area contributed by atoms with E-state index in [4.69, 9.17) is 11.8 Å². The summed E-state index contributed by atoms with van der Waals surface area (Å²) in [5.41, 5.74) is -5.88. The molecule has 2 aromatic rings. The molecule has 0 fully saturated rings. The summed E-state index contributed by atoms with van der Waals surface area (Å²) in [6.45, 7) is 0. The largest absolute Gasteiger partial charge is 0.460 e. The molecule has 0 amide bonds. The first-order valence-electron chi connectivity index (χ1n) is 7.13. The van der Waals surface area contributed by atoms with Crippen molar-refractivity contribution < 1.29 is 39.5 Å². The molecule has 0 aromatic heterocycles. The number of hydrogen-bond acceptors (Lipinski definition) is 1. The fraction of sp³-hybridized carbons (Fsp3) is 0.250. The van der Waals surface area contributed by atoms with Crippen LogP contribution in [0.3, 0.4) is 0 Å². The average molecular weight is 436 g/mol. The third kappa shape index (κ3) is 3.16. The van der Waals surface area contributed by atoms with Gasteiger partial charge in [-0.1, -0.05) is 72.5 Å². The molecule has 0 unspecified atom stereocenters. The van der Waals surface area contributed by atoms with Crippen LogP contribution in [0.4, 0.5) is 39.5 Å². The SMILES string of the molecule is FC(F)(F)C(F)(F)C(F)(F)C(F)(F)P(=S)(c1ccccc1)c1ccccc1. The molecular weight excluding hydrogens is 426 g/mol. The zero-order chi connectivity index (χ0) is 20.7. The van der Waals surface area contributed by atoms with Crippen LogP contribution < -0.4 is 10.6 Å². The molecular formula is C16H10F9PS. The molecule has 27 heavy (non-hydrogen) atoms. The molecule has 2 aromatic carbocycles. The highest BCUT2D eigenvalue weighted by Crippen LogP contribution is 2.68. The van der Waals surface area contributed by atoms with Crippen molar-refractivity contribution >= 4 is 28.5 Å². The predicted octanol–water partition coefficient (Wildman–Crippen LogP) is 5.54. The monoisotopic (exact) mass is 436 g/mol. The van der Waals surface area contributed by atoms with Crippen molar-refractivity contribution in [3.05, 3.63) is 60.7 Å². The Morgan fingerprint density at radius 2 is 0.889 bits per heavy atom. The zero-order valence-electron chi connectivity index (χ0n) is 13.0. The van der Waals surface area contributed by atoms with E-state index in [0.717, 1.165) is 48.5 Å². The Labute approximate surface area is 153 Å². The Morgan fingerprint density at radius 1 is 0.556 bits per heavy atom. The molecule has 0 heterocycles. The summed E-state index contributed by atoms with van der Waals surface area (Å²) < 4.78 is 122. The molecule has 0 nitrogen and oxygen atoms in total. The Hall–Kier alpha value is -1.54. The third-order valence-corrected chi connectivity index (χ3v) is 8.84. The van der Waals surface area contributed by atoms with Crippen molar-refractivity contribution in [2.45, 2.75) is 23.7 Å². The maximum absolute atomic E-state index is 14.9. The minimum atomic E-state index is -6.99. The van der Waals surface area contributed by atoms with Crippen LogP contribution in [0.25, 0.3) is 0 Å². The van der Waals surface area contributed by atoms with E-state index >= 15 is 0 Å². The molecule has 0 radical (unpaired) electrons. The van der Waals surface area contributed by atoms with Crippen LogP contribution in [-0.2, 0) is 11.8 Å². The van der Waals surface area contributed by atoms with Crippen LogP contribution in [0.15, 0.2) is 60.7 Å². The number of hydrogen-bond donors (Lipinski definition) is 0. The van der Waals surface area contributed by atoms with Gasteiger partial charge >= 0.3 is 23.7 Å². The second-order valence-corrected chi connectivity index (χ2v) is 9.92. The first kappa shape index (κ1) is 21.8. The topological polar surface area (TPSA) is 0 Å². The summed E-state index contributed by atoms with van der Waals surface area (Å²) in [4.78, 5) is 0. The number of halogens is 9. The first-order chi connectivity index (χ1) is 12.2. The van der Waals surface area contributed by atoms with E-state index in [1.54, 1.807) is 0 Å².